The molecular weight excluding hydrogens is 436 g/mol. The van der Waals surface area contributed by atoms with Gasteiger partial charge < -0.3 is 15.2 Å². The van der Waals surface area contributed by atoms with Gasteiger partial charge in [-0.1, -0.05) is 25.1 Å². The molecule has 0 atom stereocenters. The van der Waals surface area contributed by atoms with Gasteiger partial charge in [0.05, 0.1) is 6.54 Å². The molecule has 1 aromatic heterocycles. The molecule has 1 aliphatic carbocycles. The zero-order chi connectivity index (χ0) is 23.9. The summed E-state index contributed by atoms with van der Waals surface area (Å²) < 4.78 is 0. The van der Waals surface area contributed by atoms with Gasteiger partial charge in [0.1, 0.15) is 11.2 Å². The van der Waals surface area contributed by atoms with Gasteiger partial charge in [-0.3, -0.25) is 24.7 Å². The second-order valence-electron chi connectivity index (χ2n) is 9.71. The maximum atomic E-state index is 12.9. The second kappa shape index (κ2) is 8.75. The summed E-state index contributed by atoms with van der Waals surface area (Å²) in [6.45, 7) is 4.23. The molecule has 1 aromatic carbocycles. The molecule has 0 radical (unpaired) electrons. The monoisotopic (exact) mass is 466 g/mol. The number of nitrogens with zero attached hydrogens (tertiary/aromatic N) is 3. The van der Waals surface area contributed by atoms with Crippen LogP contribution >= 0.6 is 0 Å². The highest BCUT2D eigenvalue weighted by Gasteiger charge is 2.52. The first kappa shape index (κ1) is 22.4. The van der Waals surface area contributed by atoms with Crippen LogP contribution in [0.4, 0.5) is 4.79 Å². The van der Waals surface area contributed by atoms with E-state index in [0.717, 1.165) is 28.8 Å². The first-order chi connectivity index (χ1) is 16.3. The average Bonchev–Trinajstić information content (AvgIpc) is 3.36. The van der Waals surface area contributed by atoms with Crippen molar-refractivity contribution in [3.8, 4) is 0 Å². The molecule has 0 unspecified atom stereocenters. The first-order valence-corrected chi connectivity index (χ1v) is 11.9. The van der Waals surface area contributed by atoms with Crippen molar-refractivity contribution in [2.24, 2.45) is 5.92 Å². The number of piperazine rings is 1. The van der Waals surface area contributed by atoms with Crippen molar-refractivity contribution < 1.29 is 19.2 Å². The van der Waals surface area contributed by atoms with Gasteiger partial charge in [0.15, 0.2) is 0 Å². The number of hydrazine groups is 1. The number of hydrogen-bond donors (Lipinski definition) is 3. The third-order valence-electron chi connectivity index (χ3n) is 7.31. The van der Waals surface area contributed by atoms with Crippen molar-refractivity contribution in [2.75, 3.05) is 32.7 Å². The molecule has 3 fully saturated rings. The highest BCUT2D eigenvalue weighted by atomic mass is 16.2. The van der Waals surface area contributed by atoms with Gasteiger partial charge in [0.2, 0.25) is 0 Å². The summed E-state index contributed by atoms with van der Waals surface area (Å²) >= 11 is 0. The Kier molecular flexibility index (Phi) is 5.76. The minimum absolute atomic E-state index is 0.0511. The SMILES string of the molecule is CC1CCC2(CC1)NC(=O)N(NC(=O)CN1CCN(C(=O)c3cc4ccccc4[nH]3)CC1)C2=O. The molecule has 0 bridgehead atoms. The van der Waals surface area contributed by atoms with Crippen LogP contribution in [-0.4, -0.2) is 81.8 Å². The molecular formula is C24H30N6O4. The lowest BCUT2D eigenvalue weighted by molar-refractivity contribution is -0.140. The highest BCUT2D eigenvalue weighted by molar-refractivity contribution is 6.08. The van der Waals surface area contributed by atoms with Gasteiger partial charge in [-0.15, -0.1) is 0 Å². The number of imide groups is 1. The molecule has 2 aromatic rings. The van der Waals surface area contributed by atoms with Crippen LogP contribution in [0, 0.1) is 5.92 Å². The third-order valence-corrected chi connectivity index (χ3v) is 7.31. The number of nitrogens with one attached hydrogen (secondary N) is 3. The van der Waals surface area contributed by atoms with E-state index in [1.165, 1.54) is 0 Å². The predicted molar refractivity (Wildman–Crippen MR) is 125 cm³/mol. The molecule has 1 saturated carbocycles. The normalized spacial score (nSPS) is 25.7. The van der Waals surface area contributed by atoms with Gasteiger partial charge in [0, 0.05) is 37.1 Å². The predicted octanol–water partition coefficient (Wildman–Crippen LogP) is 1.46. The topological polar surface area (TPSA) is 118 Å². The summed E-state index contributed by atoms with van der Waals surface area (Å²) in [5.74, 6) is -0.320. The maximum absolute atomic E-state index is 12.9. The number of benzene rings is 1. The van der Waals surface area contributed by atoms with Crippen LogP contribution in [-0.2, 0) is 9.59 Å². The Morgan fingerprint density at radius 3 is 2.50 bits per heavy atom. The fourth-order valence-corrected chi connectivity index (χ4v) is 5.15. The minimum atomic E-state index is -0.883. The van der Waals surface area contributed by atoms with Gasteiger partial charge in [-0.25, -0.2) is 4.79 Å². The largest absolute Gasteiger partial charge is 0.351 e. The zero-order valence-electron chi connectivity index (χ0n) is 19.3. The van der Waals surface area contributed by atoms with Gasteiger partial charge >= 0.3 is 6.03 Å². The van der Waals surface area contributed by atoms with Crippen molar-refractivity contribution >= 4 is 34.7 Å². The number of hydrogen-bond acceptors (Lipinski definition) is 5. The number of para-hydroxylation sites is 1. The summed E-state index contributed by atoms with van der Waals surface area (Å²) in [5, 5.41) is 4.64. The first-order valence-electron chi connectivity index (χ1n) is 11.9. The summed E-state index contributed by atoms with van der Waals surface area (Å²) in [7, 11) is 0. The van der Waals surface area contributed by atoms with Gasteiger partial charge in [0.25, 0.3) is 17.7 Å². The summed E-state index contributed by atoms with van der Waals surface area (Å²) in [6.07, 6.45) is 2.93. The fourth-order valence-electron chi connectivity index (χ4n) is 5.15. The number of carbonyl (C=O) groups excluding carboxylic acids is 4. The van der Waals surface area contributed by atoms with Gasteiger partial charge in [-0.2, -0.15) is 5.01 Å². The van der Waals surface area contributed by atoms with E-state index in [4.69, 9.17) is 0 Å². The number of aromatic nitrogens is 1. The standard InChI is InChI=1S/C24H30N6O4/c1-16-6-8-24(9-7-16)22(33)30(23(34)26-24)27-20(31)15-28-10-12-29(13-11-28)21(32)19-14-17-4-2-3-5-18(17)25-19/h2-5,14,16,25H,6-13,15H2,1H3,(H,26,34)(H,27,31). The van der Waals surface area contributed by atoms with Gasteiger partial charge in [-0.05, 0) is 43.7 Å². The molecule has 1 spiro atoms. The number of rotatable bonds is 4. The fraction of sp³-hybridized carbons (Fsp3) is 0.500. The number of carbonyl (C=O) groups is 4. The molecule has 2 aliphatic heterocycles. The lowest BCUT2D eigenvalue weighted by atomic mass is 9.77. The smallest absolute Gasteiger partial charge is 0.344 e. The van der Waals surface area contributed by atoms with E-state index in [0.29, 0.717) is 50.6 Å². The van der Waals surface area contributed by atoms with E-state index >= 15 is 0 Å². The van der Waals surface area contributed by atoms with E-state index in [9.17, 15) is 19.2 Å². The summed E-state index contributed by atoms with van der Waals surface area (Å²) in [4.78, 5) is 57.7. The van der Waals surface area contributed by atoms with Crippen LogP contribution in [0.2, 0.25) is 0 Å². The Hall–Kier alpha value is -3.40. The van der Waals surface area contributed by atoms with Crippen LogP contribution in [0.5, 0.6) is 0 Å². The second-order valence-corrected chi connectivity index (χ2v) is 9.71. The van der Waals surface area contributed by atoms with E-state index in [2.05, 4.69) is 22.7 Å². The van der Waals surface area contributed by atoms with Crippen molar-refractivity contribution in [3.05, 3.63) is 36.0 Å². The molecule has 10 nitrogen and oxygen atoms in total. The lowest BCUT2D eigenvalue weighted by Gasteiger charge is -2.34. The van der Waals surface area contributed by atoms with Crippen molar-refractivity contribution in [3.63, 3.8) is 0 Å². The van der Waals surface area contributed by atoms with E-state index < -0.39 is 17.5 Å². The Morgan fingerprint density at radius 1 is 1.09 bits per heavy atom. The van der Waals surface area contributed by atoms with E-state index in [1.54, 1.807) is 4.90 Å². The van der Waals surface area contributed by atoms with Crippen LogP contribution in [0.15, 0.2) is 30.3 Å². The third kappa shape index (κ3) is 4.13. The number of fused-ring (bicyclic) bond motifs is 1. The Labute approximate surface area is 197 Å². The van der Waals surface area contributed by atoms with E-state index in [-0.39, 0.29) is 18.4 Å². The molecule has 3 heterocycles. The Bertz CT molecular complexity index is 1090. The van der Waals surface area contributed by atoms with Crippen molar-refractivity contribution in [1.82, 2.24) is 30.5 Å². The Morgan fingerprint density at radius 2 is 1.79 bits per heavy atom. The number of urea groups is 1. The summed E-state index contributed by atoms with van der Waals surface area (Å²) in [5.41, 5.74) is 3.08. The lowest BCUT2D eigenvalue weighted by Crippen LogP contribution is -2.55. The number of amides is 5. The van der Waals surface area contributed by atoms with Crippen molar-refractivity contribution in [1.29, 1.82) is 0 Å². The highest BCUT2D eigenvalue weighted by Crippen LogP contribution is 2.35. The van der Waals surface area contributed by atoms with E-state index in [1.807, 2.05) is 35.2 Å². The molecule has 3 N–H and O–H groups in total. The molecule has 180 valence electrons. The number of H-pyrrole nitrogens is 1. The molecule has 5 rings (SSSR count). The average molecular weight is 467 g/mol. The van der Waals surface area contributed by atoms with Crippen LogP contribution in [0.25, 0.3) is 10.9 Å². The molecule has 10 heteroatoms. The quantitative estimate of drug-likeness (QED) is 0.590. The van der Waals surface area contributed by atoms with Crippen LogP contribution < -0.4 is 10.7 Å². The number of aromatic amines is 1. The molecule has 3 aliphatic rings. The van der Waals surface area contributed by atoms with Crippen LogP contribution in [0.3, 0.4) is 0 Å². The Balaban J connectivity index is 1.12. The van der Waals surface area contributed by atoms with Crippen LogP contribution in [0.1, 0.15) is 43.1 Å². The maximum Gasteiger partial charge on any atom is 0.344 e. The minimum Gasteiger partial charge on any atom is -0.351 e. The molecule has 5 amide bonds. The zero-order valence-corrected chi connectivity index (χ0v) is 19.3. The van der Waals surface area contributed by atoms with Crippen molar-refractivity contribution in [2.45, 2.75) is 38.1 Å². The molecule has 2 saturated heterocycles. The molecule has 34 heavy (non-hydrogen) atoms. The summed E-state index contributed by atoms with van der Waals surface area (Å²) in [6, 6.07) is 9.04.